The average Bonchev–Trinajstić information content (AvgIpc) is 2.91. The molecule has 23 heavy (non-hydrogen) atoms. The SMILES string of the molecule is CCN(CC)c1ccc(/C=N\NC(=O)[C@@H]2[C@@H]3CCCC[C@@]23C)o1. The highest BCUT2D eigenvalue weighted by Crippen LogP contribution is 2.66. The Morgan fingerprint density at radius 3 is 2.87 bits per heavy atom. The molecule has 1 heterocycles. The summed E-state index contributed by atoms with van der Waals surface area (Å²) in [4.78, 5) is 14.4. The molecule has 0 unspecified atom stereocenters. The molecule has 2 saturated carbocycles. The summed E-state index contributed by atoms with van der Waals surface area (Å²) >= 11 is 0. The van der Waals surface area contributed by atoms with Crippen LogP contribution in [0.5, 0.6) is 0 Å². The molecule has 0 bridgehead atoms. The first kappa shape index (κ1) is 16.1. The summed E-state index contributed by atoms with van der Waals surface area (Å²) in [7, 11) is 0. The van der Waals surface area contributed by atoms with Gasteiger partial charge in [-0.15, -0.1) is 0 Å². The molecule has 1 N–H and O–H groups in total. The van der Waals surface area contributed by atoms with Gasteiger partial charge in [-0.25, -0.2) is 5.43 Å². The summed E-state index contributed by atoms with van der Waals surface area (Å²) in [6.07, 6.45) is 6.45. The van der Waals surface area contributed by atoms with Crippen LogP contribution in [0.4, 0.5) is 5.88 Å². The number of fused-ring (bicyclic) bond motifs is 1. The topological polar surface area (TPSA) is 57.8 Å². The Morgan fingerprint density at radius 1 is 1.43 bits per heavy atom. The van der Waals surface area contributed by atoms with E-state index in [-0.39, 0.29) is 17.2 Å². The van der Waals surface area contributed by atoms with Crippen molar-refractivity contribution in [3.05, 3.63) is 17.9 Å². The van der Waals surface area contributed by atoms with Crippen LogP contribution in [-0.2, 0) is 4.79 Å². The zero-order valence-electron chi connectivity index (χ0n) is 14.3. The maximum atomic E-state index is 12.3. The lowest BCUT2D eigenvalue weighted by Crippen LogP contribution is -2.22. The van der Waals surface area contributed by atoms with Gasteiger partial charge in [-0.05, 0) is 44.1 Å². The summed E-state index contributed by atoms with van der Waals surface area (Å²) in [5.74, 6) is 2.26. The summed E-state index contributed by atoms with van der Waals surface area (Å²) in [5.41, 5.74) is 2.92. The van der Waals surface area contributed by atoms with Crippen molar-refractivity contribution in [3.8, 4) is 0 Å². The van der Waals surface area contributed by atoms with Gasteiger partial charge < -0.3 is 9.32 Å². The van der Waals surface area contributed by atoms with E-state index in [1.807, 2.05) is 12.1 Å². The number of nitrogens with zero attached hydrogens (tertiary/aromatic N) is 2. The smallest absolute Gasteiger partial charge is 0.244 e. The summed E-state index contributed by atoms with van der Waals surface area (Å²) < 4.78 is 5.73. The number of nitrogens with one attached hydrogen (secondary N) is 1. The molecule has 0 radical (unpaired) electrons. The lowest BCUT2D eigenvalue weighted by atomic mass is 9.90. The number of anilines is 1. The van der Waals surface area contributed by atoms with Gasteiger partial charge >= 0.3 is 0 Å². The molecule has 5 heteroatoms. The first-order valence-electron chi connectivity index (χ1n) is 8.77. The van der Waals surface area contributed by atoms with Gasteiger partial charge in [-0.2, -0.15) is 5.10 Å². The first-order chi connectivity index (χ1) is 11.1. The minimum absolute atomic E-state index is 0.0613. The summed E-state index contributed by atoms with van der Waals surface area (Å²) in [6, 6.07) is 3.81. The molecule has 2 fully saturated rings. The fourth-order valence-electron chi connectivity index (χ4n) is 4.20. The van der Waals surface area contributed by atoms with E-state index in [1.54, 1.807) is 6.21 Å². The molecule has 0 saturated heterocycles. The van der Waals surface area contributed by atoms with Crippen molar-refractivity contribution in [1.82, 2.24) is 5.43 Å². The van der Waals surface area contributed by atoms with Gasteiger partial charge in [-0.3, -0.25) is 4.79 Å². The second-order valence-corrected chi connectivity index (χ2v) is 6.92. The van der Waals surface area contributed by atoms with E-state index in [2.05, 4.69) is 36.2 Å². The Balaban J connectivity index is 1.54. The summed E-state index contributed by atoms with van der Waals surface area (Å²) in [5, 5.41) is 4.08. The Hall–Kier alpha value is -1.78. The zero-order chi connectivity index (χ0) is 16.4. The molecule has 0 aliphatic heterocycles. The third-order valence-electron chi connectivity index (χ3n) is 5.67. The molecule has 1 aromatic heterocycles. The maximum Gasteiger partial charge on any atom is 0.244 e. The number of hydrogen-bond acceptors (Lipinski definition) is 4. The maximum absolute atomic E-state index is 12.3. The largest absolute Gasteiger partial charge is 0.440 e. The fourth-order valence-corrected chi connectivity index (χ4v) is 4.20. The predicted octanol–water partition coefficient (Wildman–Crippen LogP) is 3.40. The number of carbonyl (C=O) groups is 1. The predicted molar refractivity (Wildman–Crippen MR) is 91.6 cm³/mol. The monoisotopic (exact) mass is 317 g/mol. The highest BCUT2D eigenvalue weighted by molar-refractivity contribution is 5.85. The molecule has 5 nitrogen and oxygen atoms in total. The van der Waals surface area contributed by atoms with Gasteiger partial charge in [0, 0.05) is 25.1 Å². The molecule has 0 aromatic carbocycles. The van der Waals surface area contributed by atoms with Gasteiger partial charge in [-0.1, -0.05) is 19.8 Å². The van der Waals surface area contributed by atoms with Crippen LogP contribution in [0.25, 0.3) is 0 Å². The molecule has 3 atom stereocenters. The van der Waals surface area contributed by atoms with Crippen LogP contribution in [0.3, 0.4) is 0 Å². The molecule has 1 amide bonds. The van der Waals surface area contributed by atoms with E-state index < -0.39 is 0 Å². The number of rotatable bonds is 6. The Morgan fingerprint density at radius 2 is 2.22 bits per heavy atom. The number of carbonyl (C=O) groups excluding carboxylic acids is 1. The third kappa shape index (κ3) is 3.01. The zero-order valence-corrected chi connectivity index (χ0v) is 14.3. The van der Waals surface area contributed by atoms with Crippen molar-refractivity contribution < 1.29 is 9.21 Å². The van der Waals surface area contributed by atoms with E-state index in [0.29, 0.717) is 11.7 Å². The van der Waals surface area contributed by atoms with Gasteiger partial charge in [0.2, 0.25) is 5.91 Å². The van der Waals surface area contributed by atoms with Crippen molar-refractivity contribution in [2.75, 3.05) is 18.0 Å². The van der Waals surface area contributed by atoms with E-state index in [1.165, 1.54) is 25.7 Å². The quantitative estimate of drug-likeness (QED) is 0.646. The standard InChI is InChI=1S/C18H27N3O2/c1-4-21(5-2)15-10-9-13(23-15)12-19-20-17(22)16-14-8-6-7-11-18(14,16)3/h9-10,12,14,16H,4-8,11H2,1-3H3,(H,20,22)/b19-12-/t14-,16-,18+/m0/s1. The van der Waals surface area contributed by atoms with Crippen molar-refractivity contribution in [1.29, 1.82) is 0 Å². The summed E-state index contributed by atoms with van der Waals surface area (Å²) in [6.45, 7) is 8.23. The van der Waals surface area contributed by atoms with Crippen LogP contribution >= 0.6 is 0 Å². The molecular formula is C18H27N3O2. The number of furan rings is 1. The van der Waals surface area contributed by atoms with Gasteiger partial charge in [0.05, 0.1) is 6.21 Å². The molecular weight excluding hydrogens is 290 g/mol. The molecule has 2 aliphatic rings. The fraction of sp³-hybridized carbons (Fsp3) is 0.667. The van der Waals surface area contributed by atoms with Gasteiger partial charge in [0.15, 0.2) is 5.88 Å². The second-order valence-electron chi connectivity index (χ2n) is 6.92. The minimum Gasteiger partial charge on any atom is -0.440 e. The van der Waals surface area contributed by atoms with Gasteiger partial charge in [0.1, 0.15) is 5.76 Å². The van der Waals surface area contributed by atoms with Crippen LogP contribution in [0.15, 0.2) is 21.7 Å². The van der Waals surface area contributed by atoms with E-state index in [4.69, 9.17) is 4.42 Å². The van der Waals surface area contributed by atoms with Crippen molar-refractivity contribution in [3.63, 3.8) is 0 Å². The lowest BCUT2D eigenvalue weighted by molar-refractivity contribution is -0.123. The minimum atomic E-state index is 0.0613. The Kier molecular flexibility index (Phi) is 4.46. The van der Waals surface area contributed by atoms with Crippen LogP contribution in [0.2, 0.25) is 0 Å². The number of hydrazone groups is 1. The van der Waals surface area contributed by atoms with Crippen LogP contribution < -0.4 is 10.3 Å². The van der Waals surface area contributed by atoms with Crippen LogP contribution in [0, 0.1) is 17.3 Å². The van der Waals surface area contributed by atoms with E-state index in [0.717, 1.165) is 19.0 Å². The van der Waals surface area contributed by atoms with E-state index >= 15 is 0 Å². The Bertz CT molecular complexity index is 591. The normalized spacial score (nSPS) is 29.3. The average molecular weight is 317 g/mol. The highest BCUT2D eigenvalue weighted by atomic mass is 16.4. The van der Waals surface area contributed by atoms with Gasteiger partial charge in [0.25, 0.3) is 0 Å². The van der Waals surface area contributed by atoms with E-state index in [9.17, 15) is 4.79 Å². The second kappa shape index (κ2) is 6.38. The molecule has 2 aliphatic carbocycles. The van der Waals surface area contributed by atoms with Crippen LogP contribution in [-0.4, -0.2) is 25.2 Å². The molecule has 0 spiro atoms. The number of hydrogen-bond donors (Lipinski definition) is 1. The first-order valence-corrected chi connectivity index (χ1v) is 8.77. The van der Waals surface area contributed by atoms with Crippen molar-refractivity contribution >= 4 is 18.0 Å². The molecule has 1 aromatic rings. The third-order valence-corrected chi connectivity index (χ3v) is 5.67. The Labute approximate surface area is 138 Å². The lowest BCUT2D eigenvalue weighted by Gasteiger charge is -2.16. The van der Waals surface area contributed by atoms with Crippen LogP contribution in [0.1, 0.15) is 52.2 Å². The van der Waals surface area contributed by atoms with Crippen molar-refractivity contribution in [2.45, 2.75) is 46.5 Å². The highest BCUT2D eigenvalue weighted by Gasteiger charge is 2.64. The molecule has 3 rings (SSSR count). The number of amides is 1. The van der Waals surface area contributed by atoms with Crippen molar-refractivity contribution in [2.24, 2.45) is 22.4 Å². The molecule has 126 valence electrons.